The van der Waals surface area contributed by atoms with E-state index in [0.29, 0.717) is 29.8 Å². The highest BCUT2D eigenvalue weighted by Crippen LogP contribution is 2.51. The molecule has 0 saturated carbocycles. The van der Waals surface area contributed by atoms with Crippen LogP contribution in [0.15, 0.2) is 18.2 Å². The molecular weight excluding hydrogens is 326 g/mol. The van der Waals surface area contributed by atoms with Crippen molar-refractivity contribution in [2.45, 2.75) is 49.9 Å². The van der Waals surface area contributed by atoms with Gasteiger partial charge in [0.05, 0.1) is 0 Å². The maximum Gasteiger partial charge on any atom is 0.303 e. The Labute approximate surface area is 137 Å². The lowest BCUT2D eigenvalue weighted by Gasteiger charge is -2.27. The predicted octanol–water partition coefficient (Wildman–Crippen LogP) is 2.47. The molecule has 0 heterocycles. The summed E-state index contributed by atoms with van der Waals surface area (Å²) in [6.07, 6.45) is -1.74. The molecule has 0 radical (unpaired) electrons. The third kappa shape index (κ3) is 3.17. The Balaban J connectivity index is 2.18. The molecule has 3 atom stereocenters. The van der Waals surface area contributed by atoms with Gasteiger partial charge in [0.2, 0.25) is 0 Å². The topological polar surface area (TPSA) is 121 Å². The summed E-state index contributed by atoms with van der Waals surface area (Å²) in [5.74, 6) is -0.919. The van der Waals surface area contributed by atoms with Crippen LogP contribution in [0.1, 0.15) is 55.4 Å². The second kappa shape index (κ2) is 6.82. The van der Waals surface area contributed by atoms with E-state index in [4.69, 9.17) is 16.7 Å². The zero-order valence-corrected chi connectivity index (χ0v) is 13.1. The third-order valence-electron chi connectivity index (χ3n) is 4.39. The molecule has 1 aliphatic rings. The zero-order chi connectivity index (χ0) is 17.2. The minimum Gasteiger partial charge on any atom is -0.481 e. The number of unbranched alkanes of at least 4 members (excludes halogenated alkanes) is 2. The number of hydrogen-bond acceptors (Lipinski definition) is 5. The van der Waals surface area contributed by atoms with Crippen LogP contribution in [0.5, 0.6) is 0 Å². The molecule has 0 saturated heterocycles. The fraction of sp³-hybridized carbons (Fsp3) is 0.533. The van der Waals surface area contributed by atoms with Crippen LogP contribution in [0.2, 0.25) is 5.02 Å². The lowest BCUT2D eigenvalue weighted by atomic mass is 9.85. The Bertz CT molecular complexity index is 622. The second-order valence-electron chi connectivity index (χ2n) is 5.78. The molecule has 0 spiro atoms. The van der Waals surface area contributed by atoms with E-state index in [1.807, 2.05) is 0 Å². The van der Waals surface area contributed by atoms with Crippen molar-refractivity contribution in [3.63, 3.8) is 0 Å². The van der Waals surface area contributed by atoms with Gasteiger partial charge in [-0.3, -0.25) is 14.9 Å². The average molecular weight is 344 g/mol. The summed E-state index contributed by atoms with van der Waals surface area (Å²) in [7, 11) is 0. The van der Waals surface area contributed by atoms with Gasteiger partial charge in [0, 0.05) is 22.8 Å². The third-order valence-corrected chi connectivity index (χ3v) is 4.63. The number of aliphatic hydroxyl groups is 2. The fourth-order valence-corrected chi connectivity index (χ4v) is 3.33. The van der Waals surface area contributed by atoms with E-state index in [2.05, 4.69) is 0 Å². The summed E-state index contributed by atoms with van der Waals surface area (Å²) in [5.41, 5.74) is -1.34. The Morgan fingerprint density at radius 1 is 1.22 bits per heavy atom. The van der Waals surface area contributed by atoms with Crippen molar-refractivity contribution in [3.8, 4) is 0 Å². The van der Waals surface area contributed by atoms with E-state index < -0.39 is 28.6 Å². The molecule has 23 heavy (non-hydrogen) atoms. The maximum atomic E-state index is 11.6. The number of carboxylic acids is 1. The van der Waals surface area contributed by atoms with Crippen LogP contribution >= 0.6 is 11.6 Å². The molecule has 0 unspecified atom stereocenters. The Kier molecular flexibility index (Phi) is 5.23. The molecule has 1 aromatic carbocycles. The number of fused-ring (bicyclic) bond motifs is 1. The van der Waals surface area contributed by atoms with Crippen LogP contribution in [0.25, 0.3) is 0 Å². The fourth-order valence-electron chi connectivity index (χ4n) is 3.15. The van der Waals surface area contributed by atoms with E-state index in [9.17, 15) is 25.1 Å². The normalized spacial score (nSPS) is 26.0. The van der Waals surface area contributed by atoms with Crippen LogP contribution in [0, 0.1) is 10.1 Å². The van der Waals surface area contributed by atoms with Crippen molar-refractivity contribution in [1.29, 1.82) is 0 Å². The van der Waals surface area contributed by atoms with Crippen molar-refractivity contribution in [3.05, 3.63) is 44.5 Å². The van der Waals surface area contributed by atoms with E-state index >= 15 is 0 Å². The van der Waals surface area contributed by atoms with E-state index in [1.54, 1.807) is 0 Å². The summed E-state index contributed by atoms with van der Waals surface area (Å²) in [5, 5.41) is 41.4. The van der Waals surface area contributed by atoms with Crippen LogP contribution in [0.3, 0.4) is 0 Å². The highest BCUT2D eigenvalue weighted by atomic mass is 35.5. The number of rotatable bonds is 7. The lowest BCUT2D eigenvalue weighted by molar-refractivity contribution is -0.598. The molecule has 0 aromatic heterocycles. The average Bonchev–Trinajstić information content (AvgIpc) is 2.68. The summed E-state index contributed by atoms with van der Waals surface area (Å²) >= 11 is 5.87. The van der Waals surface area contributed by atoms with Crippen LogP contribution < -0.4 is 0 Å². The minimum absolute atomic E-state index is 0.00753. The zero-order valence-electron chi connectivity index (χ0n) is 12.3. The molecule has 3 N–H and O–H groups in total. The first kappa shape index (κ1) is 17.7. The summed E-state index contributed by atoms with van der Waals surface area (Å²) in [6.45, 7) is 0. The Morgan fingerprint density at radius 2 is 1.87 bits per heavy atom. The van der Waals surface area contributed by atoms with Crippen molar-refractivity contribution in [2.75, 3.05) is 0 Å². The molecule has 1 aromatic rings. The van der Waals surface area contributed by atoms with E-state index in [0.717, 1.165) is 0 Å². The van der Waals surface area contributed by atoms with Gasteiger partial charge >= 0.3 is 5.97 Å². The molecule has 1 aliphatic carbocycles. The molecule has 2 rings (SSSR count). The first-order chi connectivity index (χ1) is 10.8. The van der Waals surface area contributed by atoms with Gasteiger partial charge < -0.3 is 15.3 Å². The largest absolute Gasteiger partial charge is 0.481 e. The number of nitro groups is 1. The van der Waals surface area contributed by atoms with Gasteiger partial charge in [0.15, 0.2) is 12.2 Å². The number of aliphatic carboxylic acids is 1. The summed E-state index contributed by atoms with van der Waals surface area (Å²) in [4.78, 5) is 21.5. The highest BCUT2D eigenvalue weighted by molar-refractivity contribution is 6.30. The van der Waals surface area contributed by atoms with Crippen molar-refractivity contribution in [2.24, 2.45) is 0 Å². The Morgan fingerprint density at radius 3 is 2.48 bits per heavy atom. The second-order valence-corrected chi connectivity index (χ2v) is 6.22. The molecule has 0 aliphatic heterocycles. The molecule has 0 fully saturated rings. The first-order valence-electron chi connectivity index (χ1n) is 7.32. The van der Waals surface area contributed by atoms with Gasteiger partial charge in [0.25, 0.3) is 5.54 Å². The highest BCUT2D eigenvalue weighted by Gasteiger charge is 2.62. The molecule has 7 nitrogen and oxygen atoms in total. The number of halogens is 1. The van der Waals surface area contributed by atoms with E-state index in [1.165, 1.54) is 18.2 Å². The number of nitrogens with zero attached hydrogens (tertiary/aromatic N) is 1. The SMILES string of the molecule is O=C(O)CCCCC[C@@]1([N+](=O)[O-])[C@H](O)c2cc(Cl)ccc2[C@@H]1O. The van der Waals surface area contributed by atoms with Gasteiger partial charge in [-0.05, 0) is 36.1 Å². The van der Waals surface area contributed by atoms with Crippen molar-refractivity contribution >= 4 is 17.6 Å². The lowest BCUT2D eigenvalue weighted by Crippen LogP contribution is -2.45. The van der Waals surface area contributed by atoms with Crippen LogP contribution in [-0.2, 0) is 4.79 Å². The number of hydrogen-bond donors (Lipinski definition) is 3. The quantitative estimate of drug-likeness (QED) is 0.397. The van der Waals surface area contributed by atoms with Gasteiger partial charge in [-0.1, -0.05) is 24.1 Å². The first-order valence-corrected chi connectivity index (χ1v) is 7.70. The van der Waals surface area contributed by atoms with Crippen molar-refractivity contribution in [1.82, 2.24) is 0 Å². The monoisotopic (exact) mass is 343 g/mol. The summed E-state index contributed by atoms with van der Waals surface area (Å²) < 4.78 is 0. The standard InChI is InChI=1S/C15H18ClNO6/c16-9-5-6-10-11(8-9)14(21)15(13(10)20,17(22)23)7-3-1-2-4-12(18)19/h5-6,8,13-14,20-21H,1-4,7H2,(H,18,19)/t13-,14+,15-/m0/s1. The maximum absolute atomic E-state index is 11.6. The molecule has 0 bridgehead atoms. The van der Waals surface area contributed by atoms with Crippen LogP contribution in [-0.4, -0.2) is 31.8 Å². The molecule has 8 heteroatoms. The van der Waals surface area contributed by atoms with Crippen LogP contribution in [0.4, 0.5) is 0 Å². The van der Waals surface area contributed by atoms with Gasteiger partial charge in [-0.15, -0.1) is 0 Å². The number of benzene rings is 1. The molecule has 0 amide bonds. The number of aliphatic hydroxyl groups excluding tert-OH is 2. The van der Waals surface area contributed by atoms with Gasteiger partial charge in [-0.2, -0.15) is 0 Å². The van der Waals surface area contributed by atoms with Crippen molar-refractivity contribution < 1.29 is 25.0 Å². The van der Waals surface area contributed by atoms with Gasteiger partial charge in [0.1, 0.15) is 0 Å². The Hall–Kier alpha value is -1.70. The molecule has 126 valence electrons. The number of carbonyl (C=O) groups is 1. The minimum atomic E-state index is -1.92. The molecular formula is C15H18ClNO6. The van der Waals surface area contributed by atoms with Gasteiger partial charge in [-0.25, -0.2) is 0 Å². The number of carboxylic acid groups (broad SMARTS) is 1. The predicted molar refractivity (Wildman–Crippen MR) is 81.8 cm³/mol. The smallest absolute Gasteiger partial charge is 0.303 e. The summed E-state index contributed by atoms with van der Waals surface area (Å²) in [6, 6.07) is 4.43. The van der Waals surface area contributed by atoms with E-state index in [-0.39, 0.29) is 18.4 Å².